The minimum Gasteiger partial charge on any atom is -0.508 e. The number of para-hydroxylation sites is 1. The van der Waals surface area contributed by atoms with Crippen molar-refractivity contribution in [2.75, 3.05) is 18.5 Å². The summed E-state index contributed by atoms with van der Waals surface area (Å²) >= 11 is 0. The number of anilines is 1. The third kappa shape index (κ3) is 2.45. The summed E-state index contributed by atoms with van der Waals surface area (Å²) in [4.78, 5) is 2.24. The SMILES string of the molecule is CN1CC=C(C=Cc2ccc(O)cc2)c2ccccc21. The molecular weight excluding hydrogens is 246 g/mol. The van der Waals surface area contributed by atoms with Crippen LogP contribution < -0.4 is 4.90 Å². The number of rotatable bonds is 2. The summed E-state index contributed by atoms with van der Waals surface area (Å²) in [5.74, 6) is 0.297. The van der Waals surface area contributed by atoms with Crippen molar-refractivity contribution in [2.24, 2.45) is 0 Å². The Labute approximate surface area is 119 Å². The molecule has 0 saturated heterocycles. The van der Waals surface area contributed by atoms with Gasteiger partial charge >= 0.3 is 0 Å². The smallest absolute Gasteiger partial charge is 0.115 e. The summed E-state index contributed by atoms with van der Waals surface area (Å²) in [7, 11) is 2.11. The topological polar surface area (TPSA) is 23.5 Å². The molecule has 0 fully saturated rings. The molecule has 3 rings (SSSR count). The second kappa shape index (κ2) is 5.25. The molecule has 100 valence electrons. The molecule has 0 aliphatic carbocycles. The fourth-order valence-electron chi connectivity index (χ4n) is 2.42. The lowest BCUT2D eigenvalue weighted by Crippen LogP contribution is -2.21. The first-order valence-corrected chi connectivity index (χ1v) is 6.72. The van der Waals surface area contributed by atoms with E-state index in [0.29, 0.717) is 5.75 Å². The number of fused-ring (bicyclic) bond motifs is 1. The van der Waals surface area contributed by atoms with Crippen LogP contribution in [0.25, 0.3) is 11.6 Å². The summed E-state index contributed by atoms with van der Waals surface area (Å²) in [6, 6.07) is 15.7. The molecule has 1 aliphatic heterocycles. The molecule has 0 bridgehead atoms. The van der Waals surface area contributed by atoms with Gasteiger partial charge in [0.25, 0.3) is 0 Å². The maximum atomic E-state index is 9.29. The van der Waals surface area contributed by atoms with Crippen LogP contribution in [-0.2, 0) is 0 Å². The largest absolute Gasteiger partial charge is 0.508 e. The highest BCUT2D eigenvalue weighted by molar-refractivity contribution is 5.87. The van der Waals surface area contributed by atoms with E-state index in [1.54, 1.807) is 12.1 Å². The van der Waals surface area contributed by atoms with E-state index in [4.69, 9.17) is 0 Å². The maximum absolute atomic E-state index is 9.29. The summed E-state index contributed by atoms with van der Waals surface area (Å²) in [6.45, 7) is 0.923. The van der Waals surface area contributed by atoms with Gasteiger partial charge in [-0.05, 0) is 29.3 Å². The Balaban J connectivity index is 1.90. The average molecular weight is 263 g/mol. The lowest BCUT2D eigenvalue weighted by atomic mass is 9.98. The monoisotopic (exact) mass is 263 g/mol. The van der Waals surface area contributed by atoms with Crippen LogP contribution in [0.2, 0.25) is 0 Å². The number of benzene rings is 2. The fraction of sp³-hybridized carbons (Fsp3) is 0.111. The molecule has 0 radical (unpaired) electrons. The van der Waals surface area contributed by atoms with Gasteiger partial charge in [0.05, 0.1) is 0 Å². The van der Waals surface area contributed by atoms with Crippen LogP contribution in [0.4, 0.5) is 5.69 Å². The highest BCUT2D eigenvalue weighted by Crippen LogP contribution is 2.31. The van der Waals surface area contributed by atoms with E-state index in [-0.39, 0.29) is 0 Å². The third-order valence-electron chi connectivity index (χ3n) is 3.56. The van der Waals surface area contributed by atoms with Gasteiger partial charge in [0.15, 0.2) is 0 Å². The quantitative estimate of drug-likeness (QED) is 0.887. The van der Waals surface area contributed by atoms with Crippen LogP contribution in [0.5, 0.6) is 5.75 Å². The zero-order valence-electron chi connectivity index (χ0n) is 11.5. The molecule has 0 atom stereocenters. The number of hydrogen-bond donors (Lipinski definition) is 1. The molecule has 2 aromatic carbocycles. The minimum absolute atomic E-state index is 0.297. The molecule has 0 spiro atoms. The van der Waals surface area contributed by atoms with Gasteiger partial charge in [-0.15, -0.1) is 0 Å². The van der Waals surface area contributed by atoms with E-state index >= 15 is 0 Å². The molecule has 1 aliphatic rings. The van der Waals surface area contributed by atoms with Gasteiger partial charge < -0.3 is 10.0 Å². The second-order valence-electron chi connectivity index (χ2n) is 4.98. The zero-order valence-corrected chi connectivity index (χ0v) is 11.5. The summed E-state index contributed by atoms with van der Waals surface area (Å²) in [6.07, 6.45) is 6.45. The number of allylic oxidation sites excluding steroid dienone is 2. The van der Waals surface area contributed by atoms with Gasteiger partial charge in [-0.3, -0.25) is 0 Å². The molecular formula is C18H17NO. The van der Waals surface area contributed by atoms with Crippen LogP contribution in [-0.4, -0.2) is 18.7 Å². The first kappa shape index (κ1) is 12.5. The van der Waals surface area contributed by atoms with Crippen LogP contribution in [0, 0.1) is 0 Å². The van der Waals surface area contributed by atoms with Gasteiger partial charge in [-0.1, -0.05) is 48.6 Å². The van der Waals surface area contributed by atoms with E-state index in [1.807, 2.05) is 12.1 Å². The standard InChI is InChI=1S/C18H17NO/c1-19-13-12-15(17-4-2-3-5-18(17)19)9-6-14-7-10-16(20)11-8-14/h2-12,20H,13H2,1H3. The Hall–Kier alpha value is -2.48. The highest BCUT2D eigenvalue weighted by atomic mass is 16.3. The van der Waals surface area contributed by atoms with E-state index in [1.165, 1.54) is 16.8 Å². The summed E-state index contributed by atoms with van der Waals surface area (Å²) < 4.78 is 0. The van der Waals surface area contributed by atoms with E-state index in [9.17, 15) is 5.11 Å². The Bertz CT molecular complexity index is 668. The number of phenols is 1. The van der Waals surface area contributed by atoms with Crippen LogP contribution in [0.3, 0.4) is 0 Å². The van der Waals surface area contributed by atoms with Gasteiger partial charge in [0.2, 0.25) is 0 Å². The van der Waals surface area contributed by atoms with Crippen LogP contribution in [0.1, 0.15) is 11.1 Å². The highest BCUT2D eigenvalue weighted by Gasteiger charge is 2.13. The normalized spacial score (nSPS) is 14.2. The molecule has 2 heteroatoms. The van der Waals surface area contributed by atoms with Crippen LogP contribution >= 0.6 is 0 Å². The average Bonchev–Trinajstić information content (AvgIpc) is 2.49. The summed E-state index contributed by atoms with van der Waals surface area (Å²) in [5.41, 5.74) is 4.85. The molecule has 1 N–H and O–H groups in total. The number of aromatic hydroxyl groups is 1. The van der Waals surface area contributed by atoms with Crippen molar-refractivity contribution in [1.82, 2.24) is 0 Å². The third-order valence-corrected chi connectivity index (χ3v) is 3.56. The molecule has 0 amide bonds. The molecule has 0 unspecified atom stereocenters. The Morgan fingerprint density at radius 2 is 1.75 bits per heavy atom. The molecule has 20 heavy (non-hydrogen) atoms. The Morgan fingerprint density at radius 1 is 1.00 bits per heavy atom. The van der Waals surface area contributed by atoms with E-state index in [2.05, 4.69) is 54.4 Å². The van der Waals surface area contributed by atoms with Crippen molar-refractivity contribution >= 4 is 17.3 Å². The van der Waals surface area contributed by atoms with Crippen molar-refractivity contribution in [3.63, 3.8) is 0 Å². The van der Waals surface area contributed by atoms with Crippen molar-refractivity contribution in [1.29, 1.82) is 0 Å². The zero-order chi connectivity index (χ0) is 13.9. The predicted molar refractivity (Wildman–Crippen MR) is 84.8 cm³/mol. The lowest BCUT2D eigenvalue weighted by molar-refractivity contribution is 0.475. The first-order chi connectivity index (χ1) is 9.74. The maximum Gasteiger partial charge on any atom is 0.115 e. The fourth-order valence-corrected chi connectivity index (χ4v) is 2.42. The van der Waals surface area contributed by atoms with E-state index < -0.39 is 0 Å². The van der Waals surface area contributed by atoms with Crippen molar-refractivity contribution in [3.8, 4) is 5.75 Å². The van der Waals surface area contributed by atoms with Crippen molar-refractivity contribution in [2.45, 2.75) is 0 Å². The van der Waals surface area contributed by atoms with Crippen molar-refractivity contribution in [3.05, 3.63) is 71.8 Å². The predicted octanol–water partition coefficient (Wildman–Crippen LogP) is 3.94. The van der Waals surface area contributed by atoms with Gasteiger partial charge in [0.1, 0.15) is 5.75 Å². The van der Waals surface area contributed by atoms with Gasteiger partial charge in [-0.2, -0.15) is 0 Å². The van der Waals surface area contributed by atoms with E-state index in [0.717, 1.165) is 12.1 Å². The Morgan fingerprint density at radius 3 is 2.55 bits per heavy atom. The lowest BCUT2D eigenvalue weighted by Gasteiger charge is -2.26. The number of likely N-dealkylation sites (N-methyl/N-ethyl adjacent to an activating group) is 1. The van der Waals surface area contributed by atoms with Gasteiger partial charge in [-0.25, -0.2) is 0 Å². The van der Waals surface area contributed by atoms with Crippen molar-refractivity contribution < 1.29 is 5.11 Å². The van der Waals surface area contributed by atoms with Gasteiger partial charge in [0, 0.05) is 24.8 Å². The number of phenolic OH excluding ortho intramolecular Hbond substituents is 1. The Kier molecular flexibility index (Phi) is 3.30. The molecule has 1 heterocycles. The number of nitrogens with zero attached hydrogens (tertiary/aromatic N) is 1. The minimum atomic E-state index is 0.297. The molecule has 2 aromatic rings. The second-order valence-corrected chi connectivity index (χ2v) is 4.98. The van der Waals surface area contributed by atoms with Crippen LogP contribution in [0.15, 0.2) is 60.7 Å². The number of hydrogen-bond acceptors (Lipinski definition) is 2. The first-order valence-electron chi connectivity index (χ1n) is 6.72. The molecule has 2 nitrogen and oxygen atoms in total. The summed E-state index contributed by atoms with van der Waals surface area (Å²) in [5, 5.41) is 9.29. The molecule has 0 aromatic heterocycles. The molecule has 0 saturated carbocycles.